The van der Waals surface area contributed by atoms with Crippen molar-refractivity contribution >= 4 is 5.97 Å². The number of hydrogen-bond acceptors (Lipinski definition) is 3. The third-order valence-corrected chi connectivity index (χ3v) is 3.46. The van der Waals surface area contributed by atoms with E-state index in [9.17, 15) is 4.79 Å². The Morgan fingerprint density at radius 2 is 1.95 bits per heavy atom. The molecule has 0 radical (unpaired) electrons. The molecule has 0 fully saturated rings. The van der Waals surface area contributed by atoms with Gasteiger partial charge in [-0.05, 0) is 42.2 Å². The molecule has 2 aromatic rings. The van der Waals surface area contributed by atoms with Crippen molar-refractivity contribution in [3.8, 4) is 11.1 Å². The highest BCUT2D eigenvalue weighted by Crippen LogP contribution is 2.26. The molecular formula is C18H21NO2. The molecule has 3 heteroatoms. The summed E-state index contributed by atoms with van der Waals surface area (Å²) in [4.78, 5) is 11.5. The first-order valence-electron chi connectivity index (χ1n) is 7.19. The summed E-state index contributed by atoms with van der Waals surface area (Å²) in [6.45, 7) is 4.26. The Hall–Kier alpha value is -2.13. The molecule has 0 spiro atoms. The van der Waals surface area contributed by atoms with E-state index in [4.69, 9.17) is 10.5 Å². The van der Waals surface area contributed by atoms with E-state index in [1.807, 2.05) is 30.3 Å². The first-order valence-corrected chi connectivity index (χ1v) is 7.19. The third kappa shape index (κ3) is 3.92. The Morgan fingerprint density at radius 1 is 1.19 bits per heavy atom. The number of carbonyl (C=O) groups excluding carboxylic acids is 1. The molecule has 0 bridgehead atoms. The van der Waals surface area contributed by atoms with Gasteiger partial charge in [-0.25, -0.2) is 0 Å². The number of benzene rings is 2. The van der Waals surface area contributed by atoms with Gasteiger partial charge in [0.15, 0.2) is 0 Å². The summed E-state index contributed by atoms with van der Waals surface area (Å²) >= 11 is 0. The predicted octanol–water partition coefficient (Wildman–Crippen LogP) is 3.62. The van der Waals surface area contributed by atoms with Crippen LogP contribution in [0.2, 0.25) is 0 Å². The van der Waals surface area contributed by atoms with E-state index >= 15 is 0 Å². The van der Waals surface area contributed by atoms with Gasteiger partial charge in [0.2, 0.25) is 0 Å². The topological polar surface area (TPSA) is 52.3 Å². The number of nitrogens with two attached hydrogens (primary N) is 1. The van der Waals surface area contributed by atoms with Crippen molar-refractivity contribution < 1.29 is 9.53 Å². The van der Waals surface area contributed by atoms with Crippen LogP contribution in [0.3, 0.4) is 0 Å². The fraction of sp³-hybridized carbons (Fsp3) is 0.278. The molecule has 3 nitrogen and oxygen atoms in total. The van der Waals surface area contributed by atoms with E-state index in [2.05, 4.69) is 25.1 Å². The monoisotopic (exact) mass is 283 g/mol. The Kier molecular flexibility index (Phi) is 5.12. The van der Waals surface area contributed by atoms with Gasteiger partial charge in [0.25, 0.3) is 0 Å². The number of ether oxygens (including phenoxy) is 1. The largest absolute Gasteiger partial charge is 0.466 e. The molecule has 0 aliphatic heterocycles. The second-order valence-corrected chi connectivity index (χ2v) is 5.06. The molecule has 2 rings (SSSR count). The summed E-state index contributed by atoms with van der Waals surface area (Å²) in [6, 6.07) is 15.9. The van der Waals surface area contributed by atoms with Gasteiger partial charge in [-0.15, -0.1) is 0 Å². The SMILES string of the molecule is CCOC(=O)CC(N)c1cccc(-c2ccccc2C)c1. The molecule has 21 heavy (non-hydrogen) atoms. The van der Waals surface area contributed by atoms with Gasteiger partial charge < -0.3 is 10.5 Å². The van der Waals surface area contributed by atoms with Crippen LogP contribution in [0.25, 0.3) is 11.1 Å². The van der Waals surface area contributed by atoms with Crippen molar-refractivity contribution in [2.45, 2.75) is 26.3 Å². The van der Waals surface area contributed by atoms with Gasteiger partial charge in [-0.2, -0.15) is 0 Å². The maximum Gasteiger partial charge on any atom is 0.307 e. The quantitative estimate of drug-likeness (QED) is 0.853. The molecule has 2 aromatic carbocycles. The average molecular weight is 283 g/mol. The van der Waals surface area contributed by atoms with Crippen molar-refractivity contribution in [1.29, 1.82) is 0 Å². The Balaban J connectivity index is 2.22. The normalized spacial score (nSPS) is 12.0. The molecule has 0 saturated heterocycles. The Morgan fingerprint density at radius 3 is 2.67 bits per heavy atom. The van der Waals surface area contributed by atoms with Crippen molar-refractivity contribution in [1.82, 2.24) is 0 Å². The van der Waals surface area contributed by atoms with Crippen molar-refractivity contribution in [2.75, 3.05) is 6.61 Å². The van der Waals surface area contributed by atoms with Crippen LogP contribution in [-0.4, -0.2) is 12.6 Å². The van der Waals surface area contributed by atoms with Crippen LogP contribution in [-0.2, 0) is 9.53 Å². The van der Waals surface area contributed by atoms with E-state index in [1.165, 1.54) is 11.1 Å². The number of carbonyl (C=O) groups is 1. The Labute approximate surface area is 125 Å². The summed E-state index contributed by atoms with van der Waals surface area (Å²) in [6.07, 6.45) is 0.199. The summed E-state index contributed by atoms with van der Waals surface area (Å²) in [7, 11) is 0. The molecule has 2 N–H and O–H groups in total. The van der Waals surface area contributed by atoms with Gasteiger partial charge in [-0.3, -0.25) is 4.79 Å². The molecule has 0 saturated carbocycles. The van der Waals surface area contributed by atoms with Crippen LogP contribution >= 0.6 is 0 Å². The van der Waals surface area contributed by atoms with Crippen molar-refractivity contribution in [3.63, 3.8) is 0 Å². The Bertz CT molecular complexity index is 622. The second kappa shape index (κ2) is 7.04. The van der Waals surface area contributed by atoms with Crippen molar-refractivity contribution in [2.24, 2.45) is 5.73 Å². The fourth-order valence-corrected chi connectivity index (χ4v) is 2.35. The maximum absolute atomic E-state index is 11.5. The molecule has 1 unspecified atom stereocenters. The minimum Gasteiger partial charge on any atom is -0.466 e. The predicted molar refractivity (Wildman–Crippen MR) is 84.8 cm³/mol. The van der Waals surface area contributed by atoms with E-state index < -0.39 is 0 Å². The lowest BCUT2D eigenvalue weighted by atomic mass is 9.96. The molecule has 0 aliphatic rings. The second-order valence-electron chi connectivity index (χ2n) is 5.06. The van der Waals surface area contributed by atoms with Gasteiger partial charge >= 0.3 is 5.97 Å². The maximum atomic E-state index is 11.5. The van der Waals surface area contributed by atoms with Crippen LogP contribution in [0.5, 0.6) is 0 Å². The van der Waals surface area contributed by atoms with Crippen molar-refractivity contribution in [3.05, 3.63) is 59.7 Å². The number of hydrogen-bond donors (Lipinski definition) is 1. The summed E-state index contributed by atoms with van der Waals surface area (Å²) in [5.41, 5.74) is 10.6. The van der Waals surface area contributed by atoms with Crippen LogP contribution in [0.1, 0.15) is 30.5 Å². The van der Waals surface area contributed by atoms with Crippen LogP contribution in [0, 0.1) is 6.92 Å². The molecule has 0 aromatic heterocycles. The van der Waals surface area contributed by atoms with E-state index in [0.717, 1.165) is 11.1 Å². The zero-order valence-corrected chi connectivity index (χ0v) is 12.5. The summed E-state index contributed by atoms with van der Waals surface area (Å²) in [5.74, 6) is -0.258. The number of rotatable bonds is 5. The highest BCUT2D eigenvalue weighted by atomic mass is 16.5. The lowest BCUT2D eigenvalue weighted by Crippen LogP contribution is -2.17. The average Bonchev–Trinajstić information content (AvgIpc) is 2.48. The third-order valence-electron chi connectivity index (χ3n) is 3.46. The van der Waals surface area contributed by atoms with Crippen LogP contribution in [0.15, 0.2) is 48.5 Å². The van der Waals surface area contributed by atoms with Gasteiger partial charge in [0.1, 0.15) is 0 Å². The van der Waals surface area contributed by atoms with Gasteiger partial charge in [-0.1, -0.05) is 42.5 Å². The molecule has 110 valence electrons. The van der Waals surface area contributed by atoms with Gasteiger partial charge in [0.05, 0.1) is 13.0 Å². The molecule has 0 heterocycles. The first-order chi connectivity index (χ1) is 10.1. The van der Waals surface area contributed by atoms with E-state index in [1.54, 1.807) is 6.92 Å². The molecule has 0 amide bonds. The zero-order valence-electron chi connectivity index (χ0n) is 12.5. The molecular weight excluding hydrogens is 262 g/mol. The molecule has 0 aliphatic carbocycles. The minimum absolute atomic E-state index is 0.199. The first kappa shape index (κ1) is 15.3. The minimum atomic E-state index is -0.340. The smallest absolute Gasteiger partial charge is 0.307 e. The van der Waals surface area contributed by atoms with Crippen LogP contribution < -0.4 is 5.73 Å². The standard InChI is InChI=1S/C18H21NO2/c1-3-21-18(20)12-17(19)15-9-6-8-14(11-15)16-10-5-4-7-13(16)2/h4-11,17H,3,12,19H2,1-2H3. The van der Waals surface area contributed by atoms with E-state index in [0.29, 0.717) is 6.61 Å². The highest BCUT2D eigenvalue weighted by molar-refractivity contribution is 5.71. The highest BCUT2D eigenvalue weighted by Gasteiger charge is 2.13. The van der Waals surface area contributed by atoms with Crippen LogP contribution in [0.4, 0.5) is 0 Å². The molecule has 1 atom stereocenters. The lowest BCUT2D eigenvalue weighted by Gasteiger charge is -2.13. The number of aryl methyl sites for hydroxylation is 1. The van der Waals surface area contributed by atoms with Gasteiger partial charge in [0, 0.05) is 6.04 Å². The van der Waals surface area contributed by atoms with E-state index in [-0.39, 0.29) is 18.4 Å². The fourth-order valence-electron chi connectivity index (χ4n) is 2.35. The summed E-state index contributed by atoms with van der Waals surface area (Å²) in [5, 5.41) is 0. The summed E-state index contributed by atoms with van der Waals surface area (Å²) < 4.78 is 4.95. The number of esters is 1. The lowest BCUT2D eigenvalue weighted by molar-refractivity contribution is -0.143. The zero-order chi connectivity index (χ0) is 15.2.